The number of nitrogens with zero attached hydrogens (tertiary/aromatic N) is 1. The number of ether oxygens (including phenoxy) is 5. The maximum atomic E-state index is 12.2. The fraction of sp³-hybridized carbons (Fsp3) is 0.520. The molecule has 13 heteroatoms. The number of benzene rings is 1. The molecule has 208 valence electrons. The summed E-state index contributed by atoms with van der Waals surface area (Å²) in [4.78, 5) is 16.0. The number of esters is 1. The van der Waals surface area contributed by atoms with Crippen LogP contribution in [0.3, 0.4) is 0 Å². The average Bonchev–Trinajstić information content (AvgIpc) is 3.21. The van der Waals surface area contributed by atoms with E-state index in [0.717, 1.165) is 5.56 Å². The molecule has 0 aliphatic carbocycles. The number of hydrogen-bond acceptors (Lipinski definition) is 13. The number of carbonyl (C=O) groups excluding carboxylic acids is 1. The molecule has 2 aliphatic rings. The summed E-state index contributed by atoms with van der Waals surface area (Å²) >= 11 is 0. The summed E-state index contributed by atoms with van der Waals surface area (Å²) in [5.41, 5.74) is -1.03. The molecule has 0 unspecified atom stereocenters. The van der Waals surface area contributed by atoms with E-state index in [4.69, 9.17) is 28.8 Å². The lowest BCUT2D eigenvalue weighted by Gasteiger charge is -2.42. The third-order valence-electron chi connectivity index (χ3n) is 6.35. The Kier molecular flexibility index (Phi) is 9.25. The second-order valence-electron chi connectivity index (χ2n) is 9.09. The van der Waals surface area contributed by atoms with E-state index in [1.165, 1.54) is 24.5 Å². The highest BCUT2D eigenvalue weighted by Gasteiger charge is 2.54. The highest BCUT2D eigenvalue weighted by atomic mass is 16.8. The van der Waals surface area contributed by atoms with Gasteiger partial charge < -0.3 is 54.3 Å². The molecule has 0 bridgehead atoms. The zero-order valence-corrected chi connectivity index (χ0v) is 20.3. The maximum absolute atomic E-state index is 12.2. The van der Waals surface area contributed by atoms with Gasteiger partial charge in [0, 0.05) is 19.0 Å². The summed E-state index contributed by atoms with van der Waals surface area (Å²) < 4.78 is 27.7. The maximum Gasteiger partial charge on any atom is 0.339 e. The van der Waals surface area contributed by atoms with Crippen molar-refractivity contribution in [3.63, 3.8) is 0 Å². The smallest absolute Gasteiger partial charge is 0.339 e. The Morgan fingerprint density at radius 2 is 1.84 bits per heavy atom. The molecule has 38 heavy (non-hydrogen) atoms. The Hall–Kier alpha value is -2.72. The molecule has 0 saturated carbocycles. The quantitative estimate of drug-likeness (QED) is 0.184. The number of carbonyl (C=O) groups is 1. The van der Waals surface area contributed by atoms with Crippen molar-refractivity contribution in [1.29, 1.82) is 0 Å². The van der Waals surface area contributed by atoms with Gasteiger partial charge >= 0.3 is 5.97 Å². The van der Waals surface area contributed by atoms with Crippen molar-refractivity contribution in [3.8, 4) is 5.75 Å². The first-order valence-corrected chi connectivity index (χ1v) is 12.0. The monoisotopic (exact) mass is 537 g/mol. The zero-order chi connectivity index (χ0) is 27.3. The van der Waals surface area contributed by atoms with E-state index in [9.17, 15) is 30.3 Å². The molecule has 2 saturated heterocycles. The number of rotatable bonds is 10. The van der Waals surface area contributed by atoms with Crippen LogP contribution in [0.2, 0.25) is 0 Å². The molecule has 1 aromatic carbocycles. The van der Waals surface area contributed by atoms with Crippen LogP contribution >= 0.6 is 0 Å². The normalized spacial score (nSPS) is 33.2. The van der Waals surface area contributed by atoms with Crippen LogP contribution in [0, 0.1) is 0 Å². The minimum Gasteiger partial charge on any atom is -0.462 e. The van der Waals surface area contributed by atoms with Crippen LogP contribution in [0.5, 0.6) is 5.75 Å². The molecule has 0 radical (unpaired) electrons. The molecule has 2 aromatic rings. The topological polar surface area (TPSA) is 197 Å². The third kappa shape index (κ3) is 6.29. The molecule has 13 nitrogen and oxygen atoms in total. The van der Waals surface area contributed by atoms with Crippen molar-refractivity contribution in [2.45, 2.75) is 55.1 Å². The average molecular weight is 538 g/mol. The lowest BCUT2D eigenvalue weighted by atomic mass is 9.98. The lowest BCUT2D eigenvalue weighted by molar-refractivity contribution is -0.318. The van der Waals surface area contributed by atoms with E-state index < -0.39 is 74.5 Å². The van der Waals surface area contributed by atoms with Gasteiger partial charge in [-0.25, -0.2) is 4.79 Å². The first-order valence-electron chi connectivity index (χ1n) is 12.0. The molecule has 1 aromatic heterocycles. The Labute approximate surface area is 217 Å². The van der Waals surface area contributed by atoms with E-state index in [1.807, 2.05) is 0 Å². The van der Waals surface area contributed by atoms with Gasteiger partial charge in [-0.15, -0.1) is 0 Å². The molecule has 0 spiro atoms. The molecule has 8 atom stereocenters. The minimum atomic E-state index is -2.03. The first-order chi connectivity index (χ1) is 18.3. The van der Waals surface area contributed by atoms with E-state index >= 15 is 0 Å². The van der Waals surface area contributed by atoms with E-state index in [-0.39, 0.29) is 12.2 Å². The van der Waals surface area contributed by atoms with Crippen LogP contribution < -0.4 is 4.74 Å². The largest absolute Gasteiger partial charge is 0.462 e. The summed E-state index contributed by atoms with van der Waals surface area (Å²) in [6.45, 7) is -1.74. The standard InChI is InChI=1S/C25H31NO12/c27-9-7-14-3-5-16(6-4-14)36-23-20(19(30)18(29)17(11-28)37-23)38-24-21(31)25(33,13-35-24)12-34-22(32)15-2-1-8-26-10-15/h1-6,8,10,17-21,23-24,27-31,33H,7,9,11-13H2/t17-,18+,19-,20+,21+,23-,24-,25+/m0/s1. The van der Waals surface area contributed by atoms with E-state index in [0.29, 0.717) is 12.2 Å². The number of aliphatic hydroxyl groups is 6. The molecule has 2 fully saturated rings. The Morgan fingerprint density at radius 1 is 1.08 bits per heavy atom. The van der Waals surface area contributed by atoms with Crippen molar-refractivity contribution in [1.82, 2.24) is 4.98 Å². The van der Waals surface area contributed by atoms with Gasteiger partial charge in [-0.05, 0) is 36.2 Å². The van der Waals surface area contributed by atoms with Gasteiger partial charge in [-0.2, -0.15) is 0 Å². The second-order valence-corrected chi connectivity index (χ2v) is 9.09. The molecular formula is C25H31NO12. The van der Waals surface area contributed by atoms with Crippen LogP contribution in [0.15, 0.2) is 48.8 Å². The molecule has 6 N–H and O–H groups in total. The fourth-order valence-corrected chi connectivity index (χ4v) is 4.10. The van der Waals surface area contributed by atoms with Crippen LogP contribution in [0.1, 0.15) is 15.9 Å². The molecule has 4 rings (SSSR count). The predicted molar refractivity (Wildman–Crippen MR) is 126 cm³/mol. The summed E-state index contributed by atoms with van der Waals surface area (Å²) in [6, 6.07) is 9.66. The van der Waals surface area contributed by atoms with Crippen molar-refractivity contribution in [3.05, 3.63) is 59.9 Å². The van der Waals surface area contributed by atoms with Crippen LogP contribution in [0.25, 0.3) is 0 Å². The summed E-state index contributed by atoms with van der Waals surface area (Å²) in [6.07, 6.45) is -7.20. The fourth-order valence-electron chi connectivity index (χ4n) is 4.10. The molecule has 2 aliphatic heterocycles. The van der Waals surface area contributed by atoms with Crippen molar-refractivity contribution < 1.29 is 59.1 Å². The molecule has 0 amide bonds. The predicted octanol–water partition coefficient (Wildman–Crippen LogP) is -1.88. The van der Waals surface area contributed by atoms with Crippen molar-refractivity contribution >= 4 is 5.97 Å². The highest BCUT2D eigenvalue weighted by molar-refractivity contribution is 5.88. The van der Waals surface area contributed by atoms with Gasteiger partial charge in [0.2, 0.25) is 6.29 Å². The summed E-state index contributed by atoms with van der Waals surface area (Å²) in [5.74, 6) is -0.465. The van der Waals surface area contributed by atoms with Crippen molar-refractivity contribution in [2.75, 3.05) is 26.4 Å². The van der Waals surface area contributed by atoms with Gasteiger partial charge in [0.25, 0.3) is 0 Å². The van der Waals surface area contributed by atoms with Crippen molar-refractivity contribution in [2.24, 2.45) is 0 Å². The SMILES string of the molecule is O=C(OC[C@@]1(O)CO[C@@H](O[C@H]2[C@@H](Oc3ccc(CCO)cc3)O[C@@H](CO)[C@@H](O)[C@@H]2O)[C@H]1O)c1cccnc1. The Balaban J connectivity index is 1.43. The van der Waals surface area contributed by atoms with E-state index in [1.54, 1.807) is 24.3 Å². The van der Waals surface area contributed by atoms with Crippen LogP contribution in [0.4, 0.5) is 0 Å². The first kappa shape index (κ1) is 28.3. The van der Waals surface area contributed by atoms with Gasteiger partial charge in [0.15, 0.2) is 18.0 Å². The minimum absolute atomic E-state index is 0.0250. The summed E-state index contributed by atoms with van der Waals surface area (Å²) in [7, 11) is 0. The van der Waals surface area contributed by atoms with Gasteiger partial charge in [-0.3, -0.25) is 4.98 Å². The number of aromatic nitrogens is 1. The van der Waals surface area contributed by atoms with Gasteiger partial charge in [0.05, 0.1) is 18.8 Å². The highest BCUT2D eigenvalue weighted by Crippen LogP contribution is 2.32. The van der Waals surface area contributed by atoms with Gasteiger partial charge in [-0.1, -0.05) is 12.1 Å². The number of aliphatic hydroxyl groups excluding tert-OH is 5. The third-order valence-corrected chi connectivity index (χ3v) is 6.35. The molecular weight excluding hydrogens is 506 g/mol. The summed E-state index contributed by atoms with van der Waals surface area (Å²) in [5, 5.41) is 61.3. The van der Waals surface area contributed by atoms with Crippen LogP contribution in [-0.4, -0.2) is 117 Å². The second kappa shape index (κ2) is 12.4. The van der Waals surface area contributed by atoms with E-state index in [2.05, 4.69) is 4.98 Å². The Morgan fingerprint density at radius 3 is 2.50 bits per heavy atom. The number of hydrogen-bond donors (Lipinski definition) is 6. The molecule has 3 heterocycles. The zero-order valence-electron chi connectivity index (χ0n) is 20.3. The van der Waals surface area contributed by atoms with Gasteiger partial charge in [0.1, 0.15) is 36.8 Å². The van der Waals surface area contributed by atoms with Crippen LogP contribution in [-0.2, 0) is 25.4 Å². The lowest BCUT2D eigenvalue weighted by Crippen LogP contribution is -2.62. The Bertz CT molecular complexity index is 1040. The number of pyridine rings is 1.